The van der Waals surface area contributed by atoms with E-state index in [1.54, 1.807) is 24.3 Å². The fraction of sp³-hybridized carbons (Fsp3) is 0.136. The topological polar surface area (TPSA) is 66.5 Å². The van der Waals surface area contributed by atoms with Crippen molar-refractivity contribution in [1.29, 1.82) is 0 Å². The molecule has 0 heterocycles. The maximum atomic E-state index is 12.9. The van der Waals surface area contributed by atoms with Gasteiger partial charge in [0, 0.05) is 5.56 Å². The van der Waals surface area contributed by atoms with E-state index in [1.807, 2.05) is 6.07 Å². The molecule has 0 saturated heterocycles. The van der Waals surface area contributed by atoms with Crippen LogP contribution in [0.15, 0.2) is 72.8 Å². The lowest BCUT2D eigenvalue weighted by molar-refractivity contribution is -0.137. The van der Waals surface area contributed by atoms with Crippen LogP contribution in [0.1, 0.15) is 21.5 Å². The van der Waals surface area contributed by atoms with E-state index in [0.29, 0.717) is 5.69 Å². The summed E-state index contributed by atoms with van der Waals surface area (Å²) in [6.07, 6.45) is -3.51. The zero-order valence-electron chi connectivity index (χ0n) is 16.7. The number of carbonyl (C=O) groups excluding carboxylic acids is 1. The first-order valence-electron chi connectivity index (χ1n) is 9.25. The minimum absolute atomic E-state index is 0.0471. The zero-order chi connectivity index (χ0) is 23.5. The quantitative estimate of drug-likeness (QED) is 0.499. The molecule has 168 valence electrons. The summed E-state index contributed by atoms with van der Waals surface area (Å²) in [5.41, 5.74) is 0.106. The lowest BCUT2D eigenvalue weighted by atomic mass is 10.1. The summed E-state index contributed by atoms with van der Waals surface area (Å²) >= 11 is 5.92. The Balaban J connectivity index is 1.82. The van der Waals surface area contributed by atoms with Gasteiger partial charge in [0.05, 0.1) is 34.8 Å². The second-order valence-electron chi connectivity index (χ2n) is 6.95. The van der Waals surface area contributed by atoms with Crippen molar-refractivity contribution in [2.45, 2.75) is 12.7 Å². The van der Waals surface area contributed by atoms with E-state index in [1.165, 1.54) is 28.6 Å². The van der Waals surface area contributed by atoms with Gasteiger partial charge in [0.25, 0.3) is 5.91 Å². The lowest BCUT2D eigenvalue weighted by Gasteiger charge is -2.22. The summed E-state index contributed by atoms with van der Waals surface area (Å²) < 4.78 is 64.5. The van der Waals surface area contributed by atoms with Crippen molar-refractivity contribution in [2.24, 2.45) is 0 Å². The van der Waals surface area contributed by atoms with Crippen LogP contribution in [0.5, 0.6) is 0 Å². The third-order valence-electron chi connectivity index (χ3n) is 4.53. The molecule has 3 rings (SSSR count). The third kappa shape index (κ3) is 5.80. The molecule has 0 radical (unpaired) electrons. The van der Waals surface area contributed by atoms with Gasteiger partial charge in [0.1, 0.15) is 0 Å². The van der Waals surface area contributed by atoms with Crippen molar-refractivity contribution in [3.8, 4) is 0 Å². The summed E-state index contributed by atoms with van der Waals surface area (Å²) in [5, 5.41) is 2.31. The Labute approximate surface area is 188 Å². The van der Waals surface area contributed by atoms with E-state index in [0.717, 1.165) is 30.0 Å². The van der Waals surface area contributed by atoms with Gasteiger partial charge in [-0.1, -0.05) is 41.9 Å². The Morgan fingerprint density at radius 3 is 2.19 bits per heavy atom. The van der Waals surface area contributed by atoms with Gasteiger partial charge in [-0.2, -0.15) is 13.2 Å². The van der Waals surface area contributed by atoms with Crippen LogP contribution in [-0.4, -0.2) is 20.6 Å². The van der Waals surface area contributed by atoms with Gasteiger partial charge < -0.3 is 5.32 Å². The number of amides is 1. The van der Waals surface area contributed by atoms with Crippen molar-refractivity contribution in [1.82, 2.24) is 0 Å². The number of halogens is 4. The van der Waals surface area contributed by atoms with Gasteiger partial charge in [-0.05, 0) is 48.0 Å². The van der Waals surface area contributed by atoms with Gasteiger partial charge in [-0.3, -0.25) is 9.10 Å². The lowest BCUT2D eigenvalue weighted by Crippen LogP contribution is -2.29. The first kappa shape index (κ1) is 23.6. The van der Waals surface area contributed by atoms with Gasteiger partial charge in [-0.25, -0.2) is 8.42 Å². The second-order valence-corrected chi connectivity index (χ2v) is 9.26. The number of nitrogens with one attached hydrogen (secondary N) is 1. The summed E-state index contributed by atoms with van der Waals surface area (Å²) in [7, 11) is -3.61. The SMILES string of the molecule is CS(=O)(=O)N(Cc1ccccc1)c1ccc(C(=O)Nc2cc(C(F)(F)F)ccc2Cl)cc1. The number of rotatable bonds is 6. The molecule has 0 atom stereocenters. The van der Waals surface area contributed by atoms with Gasteiger partial charge in [-0.15, -0.1) is 0 Å². The van der Waals surface area contributed by atoms with Gasteiger partial charge >= 0.3 is 6.18 Å². The molecule has 0 aliphatic heterocycles. The Morgan fingerprint density at radius 2 is 1.62 bits per heavy atom. The number of sulfonamides is 1. The highest BCUT2D eigenvalue weighted by Crippen LogP contribution is 2.34. The molecule has 0 saturated carbocycles. The van der Waals surface area contributed by atoms with E-state index in [9.17, 15) is 26.4 Å². The molecule has 0 spiro atoms. The molecular formula is C22H18ClF3N2O3S. The van der Waals surface area contributed by atoms with E-state index >= 15 is 0 Å². The number of carbonyl (C=O) groups is 1. The fourth-order valence-electron chi connectivity index (χ4n) is 2.92. The minimum atomic E-state index is -4.58. The van der Waals surface area contributed by atoms with E-state index in [4.69, 9.17) is 11.6 Å². The molecule has 3 aromatic rings. The van der Waals surface area contributed by atoms with Crippen LogP contribution in [0, 0.1) is 0 Å². The number of hydrogen-bond acceptors (Lipinski definition) is 3. The van der Waals surface area contributed by atoms with Crippen LogP contribution < -0.4 is 9.62 Å². The Hall–Kier alpha value is -3.04. The highest BCUT2D eigenvalue weighted by Gasteiger charge is 2.31. The average molecular weight is 483 g/mol. The largest absolute Gasteiger partial charge is 0.416 e. The smallest absolute Gasteiger partial charge is 0.321 e. The maximum absolute atomic E-state index is 12.9. The van der Waals surface area contributed by atoms with E-state index in [2.05, 4.69) is 5.32 Å². The van der Waals surface area contributed by atoms with Crippen LogP contribution >= 0.6 is 11.6 Å². The molecule has 0 unspecified atom stereocenters. The summed E-state index contributed by atoms with van der Waals surface area (Å²) in [6.45, 7) is 0.102. The predicted octanol–water partition coefficient (Wildman–Crippen LogP) is 5.58. The molecular weight excluding hydrogens is 465 g/mol. The minimum Gasteiger partial charge on any atom is -0.321 e. The third-order valence-corrected chi connectivity index (χ3v) is 6.00. The molecule has 0 fully saturated rings. The summed E-state index contributed by atoms with van der Waals surface area (Å²) in [4.78, 5) is 12.5. The Bertz CT molecular complexity index is 1220. The number of alkyl halides is 3. The van der Waals surface area contributed by atoms with Crippen molar-refractivity contribution in [3.63, 3.8) is 0 Å². The number of hydrogen-bond donors (Lipinski definition) is 1. The standard InChI is InChI=1S/C22H18ClF3N2O3S/c1-32(30,31)28(14-15-5-3-2-4-6-15)18-10-7-16(8-11-18)21(29)27-20-13-17(22(24,25)26)9-12-19(20)23/h2-13H,14H2,1H3,(H,27,29). The van der Waals surface area contributed by atoms with Gasteiger partial charge in [0.15, 0.2) is 0 Å². The van der Waals surface area contributed by atoms with E-state index in [-0.39, 0.29) is 22.8 Å². The molecule has 1 N–H and O–H groups in total. The normalized spacial score (nSPS) is 11.8. The van der Waals surface area contributed by atoms with Crippen LogP contribution in [0.4, 0.5) is 24.5 Å². The average Bonchev–Trinajstić information content (AvgIpc) is 2.73. The molecule has 5 nitrogen and oxygen atoms in total. The molecule has 1 amide bonds. The molecule has 0 aliphatic carbocycles. The van der Waals surface area contributed by atoms with Crippen molar-refractivity contribution >= 4 is 38.9 Å². The molecule has 0 bridgehead atoms. The Morgan fingerprint density at radius 1 is 1.00 bits per heavy atom. The molecule has 3 aromatic carbocycles. The van der Waals surface area contributed by atoms with Crippen LogP contribution in [0.25, 0.3) is 0 Å². The van der Waals surface area contributed by atoms with Crippen molar-refractivity contribution in [2.75, 3.05) is 15.9 Å². The zero-order valence-corrected chi connectivity index (χ0v) is 18.3. The molecule has 0 aromatic heterocycles. The Kier molecular flexibility index (Phi) is 6.80. The molecule has 32 heavy (non-hydrogen) atoms. The van der Waals surface area contributed by atoms with Gasteiger partial charge in [0.2, 0.25) is 10.0 Å². The highest BCUT2D eigenvalue weighted by atomic mass is 35.5. The second kappa shape index (κ2) is 9.22. The molecule has 10 heteroatoms. The fourth-order valence-corrected chi connectivity index (χ4v) is 3.97. The summed E-state index contributed by atoms with van der Waals surface area (Å²) in [5.74, 6) is -0.688. The van der Waals surface area contributed by atoms with Crippen molar-refractivity contribution < 1.29 is 26.4 Å². The van der Waals surface area contributed by atoms with E-state index < -0.39 is 27.7 Å². The highest BCUT2D eigenvalue weighted by molar-refractivity contribution is 7.92. The van der Waals surface area contributed by atoms with Crippen molar-refractivity contribution in [3.05, 3.63) is 94.5 Å². The van der Waals surface area contributed by atoms with Crippen LogP contribution in [0.2, 0.25) is 5.02 Å². The monoisotopic (exact) mass is 482 g/mol. The first-order chi connectivity index (χ1) is 14.9. The number of nitrogens with zero attached hydrogens (tertiary/aromatic N) is 1. The number of benzene rings is 3. The molecule has 0 aliphatic rings. The first-order valence-corrected chi connectivity index (χ1v) is 11.5. The maximum Gasteiger partial charge on any atom is 0.416 e. The number of anilines is 2. The predicted molar refractivity (Wildman–Crippen MR) is 118 cm³/mol. The van der Waals surface area contributed by atoms with Crippen LogP contribution in [-0.2, 0) is 22.7 Å². The summed E-state index contributed by atoms with van der Waals surface area (Å²) in [6, 6.07) is 17.3. The van der Waals surface area contributed by atoms with Crippen LogP contribution in [0.3, 0.4) is 0 Å².